The van der Waals surface area contributed by atoms with Crippen molar-refractivity contribution in [3.63, 3.8) is 0 Å². The van der Waals surface area contributed by atoms with Crippen LogP contribution in [0.4, 0.5) is 0 Å². The minimum atomic E-state index is -0.509. The van der Waals surface area contributed by atoms with Gasteiger partial charge in [0.2, 0.25) is 0 Å². The molecule has 28 heavy (non-hydrogen) atoms. The molecule has 0 aliphatic heterocycles. The summed E-state index contributed by atoms with van der Waals surface area (Å²) in [6, 6.07) is 0. The van der Waals surface area contributed by atoms with E-state index in [4.69, 9.17) is 19.7 Å². The largest absolute Gasteiger partial charge is 0.462 e. The molecule has 6 heteroatoms. The number of unbranched alkanes of at least 4 members (excludes halogenated alkanes) is 6. The van der Waals surface area contributed by atoms with E-state index < -0.39 is 6.10 Å². The van der Waals surface area contributed by atoms with Crippen LogP contribution in [0.15, 0.2) is 0 Å². The normalized spacial score (nSPS) is 12.5. The lowest BCUT2D eigenvalue weighted by Gasteiger charge is -2.16. The number of esters is 2. The summed E-state index contributed by atoms with van der Waals surface area (Å²) in [5.74, 6) is -0.365. The molecule has 0 radical (unpaired) electrons. The number of rotatable bonds is 16. The van der Waals surface area contributed by atoms with Gasteiger partial charge in [0.1, 0.15) is 12.7 Å². The maximum Gasteiger partial charge on any atom is 0.306 e. The molecule has 0 spiro atoms. The molecule has 0 aromatic carbocycles. The van der Waals surface area contributed by atoms with Crippen molar-refractivity contribution in [2.45, 2.75) is 117 Å². The molecular weight excluding hydrogens is 360 g/mol. The van der Waals surface area contributed by atoms with Crippen LogP contribution in [-0.4, -0.2) is 47.6 Å². The van der Waals surface area contributed by atoms with Crippen molar-refractivity contribution in [3.05, 3.63) is 0 Å². The Morgan fingerprint density at radius 3 is 1.71 bits per heavy atom. The monoisotopic (exact) mass is 404 g/mol. The minimum Gasteiger partial charge on any atom is -0.462 e. The second kappa shape index (κ2) is 22.2. The number of hydrogen-bond acceptors (Lipinski definition) is 6. The summed E-state index contributed by atoms with van der Waals surface area (Å²) >= 11 is 0. The fourth-order valence-corrected chi connectivity index (χ4v) is 2.26. The van der Waals surface area contributed by atoms with Crippen molar-refractivity contribution >= 4 is 11.9 Å². The molecule has 0 aliphatic carbocycles. The molecule has 0 heterocycles. The van der Waals surface area contributed by atoms with Gasteiger partial charge in [-0.05, 0) is 25.7 Å². The van der Waals surface area contributed by atoms with Crippen molar-refractivity contribution < 1.29 is 29.3 Å². The fraction of sp³-hybridized carbons (Fsp3) is 0.909. The molecule has 0 rings (SSSR count). The van der Waals surface area contributed by atoms with E-state index in [0.717, 1.165) is 51.4 Å². The van der Waals surface area contributed by atoms with Crippen molar-refractivity contribution in [1.82, 2.24) is 0 Å². The number of carbonyl (C=O) groups is 2. The zero-order valence-electron chi connectivity index (χ0n) is 18.6. The highest BCUT2D eigenvalue weighted by Crippen LogP contribution is 2.08. The van der Waals surface area contributed by atoms with E-state index in [9.17, 15) is 9.59 Å². The highest BCUT2D eigenvalue weighted by atomic mass is 16.6. The zero-order valence-corrected chi connectivity index (χ0v) is 18.6. The molecular formula is C22H44O6. The summed E-state index contributed by atoms with van der Waals surface area (Å²) in [6.45, 7) is 8.11. The van der Waals surface area contributed by atoms with Gasteiger partial charge in [0, 0.05) is 12.8 Å². The second-order valence-electron chi connectivity index (χ2n) is 7.07. The smallest absolute Gasteiger partial charge is 0.306 e. The third-order valence-electron chi connectivity index (χ3n) is 4.33. The zero-order chi connectivity index (χ0) is 21.6. The molecule has 0 aromatic heterocycles. The Balaban J connectivity index is 0. The highest BCUT2D eigenvalue weighted by molar-refractivity contribution is 5.70. The van der Waals surface area contributed by atoms with Gasteiger partial charge in [-0.1, -0.05) is 66.2 Å². The van der Waals surface area contributed by atoms with Gasteiger partial charge in [-0.25, -0.2) is 0 Å². The first-order chi connectivity index (χ1) is 13.4. The molecule has 2 N–H and O–H groups in total. The van der Waals surface area contributed by atoms with E-state index in [2.05, 4.69) is 13.8 Å². The van der Waals surface area contributed by atoms with Crippen LogP contribution in [-0.2, 0) is 19.1 Å². The highest BCUT2D eigenvalue weighted by Gasteiger charge is 2.14. The minimum absolute atomic E-state index is 0.115. The van der Waals surface area contributed by atoms with Crippen LogP contribution < -0.4 is 0 Å². The maximum atomic E-state index is 11.7. The number of ether oxygens (including phenoxy) is 2. The Kier molecular flexibility index (Phi) is 23.0. The number of aliphatic hydroxyl groups excluding tert-OH is 2. The van der Waals surface area contributed by atoms with Crippen molar-refractivity contribution in [1.29, 1.82) is 0 Å². The van der Waals surface area contributed by atoms with Gasteiger partial charge < -0.3 is 19.7 Å². The lowest BCUT2D eigenvalue weighted by atomic mass is 10.1. The predicted octanol–water partition coefficient (Wildman–Crippen LogP) is 4.54. The molecule has 0 fully saturated rings. The van der Waals surface area contributed by atoms with Crippen molar-refractivity contribution in [3.8, 4) is 0 Å². The molecule has 2 atom stereocenters. The lowest BCUT2D eigenvalue weighted by molar-refractivity contribution is -0.159. The van der Waals surface area contributed by atoms with Crippen LogP contribution in [0.3, 0.4) is 0 Å². The Morgan fingerprint density at radius 2 is 1.32 bits per heavy atom. The van der Waals surface area contributed by atoms with Gasteiger partial charge in [-0.2, -0.15) is 0 Å². The Hall–Kier alpha value is -1.14. The summed E-state index contributed by atoms with van der Waals surface area (Å²) in [5, 5.41) is 16.5. The number of carbonyl (C=O) groups excluding carboxylic acids is 2. The summed E-state index contributed by atoms with van der Waals surface area (Å²) in [4.78, 5) is 23.3. The average molecular weight is 405 g/mol. The van der Waals surface area contributed by atoms with Gasteiger partial charge in [-0.3, -0.25) is 9.59 Å². The first-order valence-electron chi connectivity index (χ1n) is 11.1. The summed E-state index contributed by atoms with van der Waals surface area (Å²) < 4.78 is 10.6. The summed E-state index contributed by atoms with van der Waals surface area (Å²) in [5.41, 5.74) is 0. The van der Waals surface area contributed by atoms with Gasteiger partial charge in [0.05, 0.1) is 12.7 Å². The molecule has 0 aliphatic rings. The first-order valence-corrected chi connectivity index (χ1v) is 11.1. The van der Waals surface area contributed by atoms with E-state index >= 15 is 0 Å². The van der Waals surface area contributed by atoms with E-state index in [-0.39, 0.29) is 31.3 Å². The van der Waals surface area contributed by atoms with Crippen LogP contribution in [0.5, 0.6) is 0 Å². The SMILES string of the molecule is CCC(O)CO.CCCCCCC(=O)OCC(CC)OC(=O)CCCCCC. The predicted molar refractivity (Wildman–Crippen MR) is 112 cm³/mol. The molecule has 2 unspecified atom stereocenters. The van der Waals surface area contributed by atoms with Crippen LogP contribution in [0.1, 0.15) is 105 Å². The van der Waals surface area contributed by atoms with Crippen LogP contribution in [0.25, 0.3) is 0 Å². The van der Waals surface area contributed by atoms with Gasteiger partial charge in [0.15, 0.2) is 0 Å². The van der Waals surface area contributed by atoms with Crippen molar-refractivity contribution in [2.24, 2.45) is 0 Å². The maximum absolute atomic E-state index is 11.7. The Labute approximate surface area is 172 Å². The topological polar surface area (TPSA) is 93.1 Å². The van der Waals surface area contributed by atoms with Gasteiger partial charge in [-0.15, -0.1) is 0 Å². The molecule has 0 saturated heterocycles. The Bertz CT molecular complexity index is 355. The van der Waals surface area contributed by atoms with Crippen LogP contribution >= 0.6 is 0 Å². The fourth-order valence-electron chi connectivity index (χ4n) is 2.26. The van der Waals surface area contributed by atoms with Crippen LogP contribution in [0, 0.1) is 0 Å². The summed E-state index contributed by atoms with van der Waals surface area (Å²) in [6.07, 6.45) is 9.90. The van der Waals surface area contributed by atoms with E-state index in [1.165, 1.54) is 0 Å². The molecule has 0 amide bonds. The number of hydrogen-bond donors (Lipinski definition) is 2. The van der Waals surface area contributed by atoms with Crippen LogP contribution in [0.2, 0.25) is 0 Å². The standard InChI is InChI=1S/C18H34O4.C4H10O2/c1-4-7-9-11-13-17(19)21-15-16(6-3)22-18(20)14-12-10-8-5-2;1-2-4(6)3-5/h16H,4-15H2,1-3H3;4-6H,2-3H2,1H3. The third kappa shape index (κ3) is 21.2. The third-order valence-corrected chi connectivity index (χ3v) is 4.33. The quantitative estimate of drug-likeness (QED) is 0.290. The Morgan fingerprint density at radius 1 is 0.786 bits per heavy atom. The first kappa shape index (κ1) is 29.1. The summed E-state index contributed by atoms with van der Waals surface area (Å²) in [7, 11) is 0. The molecule has 6 nitrogen and oxygen atoms in total. The second-order valence-corrected chi connectivity index (χ2v) is 7.07. The average Bonchev–Trinajstić information content (AvgIpc) is 2.71. The van der Waals surface area contributed by atoms with Crippen molar-refractivity contribution in [2.75, 3.05) is 13.2 Å². The van der Waals surface area contributed by atoms with Gasteiger partial charge >= 0.3 is 11.9 Å². The van der Waals surface area contributed by atoms with E-state index in [1.54, 1.807) is 0 Å². The molecule has 0 aromatic rings. The van der Waals surface area contributed by atoms with Gasteiger partial charge in [0.25, 0.3) is 0 Å². The molecule has 168 valence electrons. The number of aliphatic hydroxyl groups is 2. The lowest BCUT2D eigenvalue weighted by Crippen LogP contribution is -2.24. The molecule has 0 saturated carbocycles. The molecule has 0 bridgehead atoms. The van der Waals surface area contributed by atoms with E-state index in [0.29, 0.717) is 25.7 Å². The van der Waals surface area contributed by atoms with E-state index in [1.807, 2.05) is 13.8 Å².